The first kappa shape index (κ1) is 15.9. The Labute approximate surface area is 136 Å². The highest BCUT2D eigenvalue weighted by atomic mass is 79.9. The van der Waals surface area contributed by atoms with Gasteiger partial charge in [0, 0.05) is 4.47 Å². The molecular formula is C13H12BrClN2O3S. The van der Waals surface area contributed by atoms with Crippen molar-refractivity contribution in [3.05, 3.63) is 45.9 Å². The molecule has 5 nitrogen and oxygen atoms in total. The molecule has 0 aromatic heterocycles. The zero-order chi connectivity index (χ0) is 15.6. The van der Waals surface area contributed by atoms with Crippen molar-refractivity contribution >= 4 is 48.9 Å². The largest absolute Gasteiger partial charge is 0.495 e. The first-order valence-electron chi connectivity index (χ1n) is 5.75. The summed E-state index contributed by atoms with van der Waals surface area (Å²) in [7, 11) is -2.41. The van der Waals surface area contributed by atoms with E-state index in [-0.39, 0.29) is 15.7 Å². The third-order valence-electron chi connectivity index (χ3n) is 2.67. The number of hydrogen-bond acceptors (Lipinski definition) is 4. The van der Waals surface area contributed by atoms with Gasteiger partial charge in [0.25, 0.3) is 10.0 Å². The summed E-state index contributed by atoms with van der Waals surface area (Å²) in [4.78, 5) is 0.0207. The van der Waals surface area contributed by atoms with Crippen LogP contribution in [0.4, 0.5) is 11.4 Å². The summed E-state index contributed by atoms with van der Waals surface area (Å²) in [6.45, 7) is 0. The molecule has 0 fully saturated rings. The van der Waals surface area contributed by atoms with Crippen LogP contribution in [0.3, 0.4) is 0 Å². The summed E-state index contributed by atoms with van der Waals surface area (Å²) in [6, 6.07) is 9.22. The Kier molecular flexibility index (Phi) is 4.65. The molecule has 0 saturated carbocycles. The van der Waals surface area contributed by atoms with Gasteiger partial charge >= 0.3 is 0 Å². The van der Waals surface area contributed by atoms with E-state index < -0.39 is 10.0 Å². The number of nitrogens with one attached hydrogen (secondary N) is 1. The number of benzene rings is 2. The smallest absolute Gasteiger partial charge is 0.265 e. The van der Waals surface area contributed by atoms with E-state index >= 15 is 0 Å². The lowest BCUT2D eigenvalue weighted by Crippen LogP contribution is -2.14. The Hall–Kier alpha value is -1.44. The molecule has 0 aliphatic rings. The van der Waals surface area contributed by atoms with Gasteiger partial charge in [-0.2, -0.15) is 0 Å². The molecule has 21 heavy (non-hydrogen) atoms. The van der Waals surface area contributed by atoms with E-state index in [1.807, 2.05) is 0 Å². The van der Waals surface area contributed by atoms with E-state index in [2.05, 4.69) is 20.7 Å². The van der Waals surface area contributed by atoms with E-state index in [9.17, 15) is 8.42 Å². The molecule has 2 rings (SSSR count). The van der Waals surface area contributed by atoms with Crippen molar-refractivity contribution in [1.29, 1.82) is 0 Å². The standard InChI is InChI=1S/C13H12BrClN2O3S/c1-20-12-5-2-8(14)6-13(12)21(18,19)17-9-3-4-11(16)10(15)7-9/h2-7,17H,16H2,1H3. The van der Waals surface area contributed by atoms with Crippen LogP contribution in [-0.4, -0.2) is 15.5 Å². The second-order valence-electron chi connectivity index (χ2n) is 4.14. The molecule has 0 unspecified atom stereocenters. The van der Waals surface area contributed by atoms with E-state index in [0.29, 0.717) is 15.8 Å². The summed E-state index contributed by atoms with van der Waals surface area (Å²) >= 11 is 9.12. The average Bonchev–Trinajstić information content (AvgIpc) is 2.42. The predicted molar refractivity (Wildman–Crippen MR) is 87.4 cm³/mol. The van der Waals surface area contributed by atoms with Crippen molar-refractivity contribution in [3.63, 3.8) is 0 Å². The van der Waals surface area contributed by atoms with Gasteiger partial charge < -0.3 is 10.5 Å². The van der Waals surface area contributed by atoms with Crippen LogP contribution in [0.25, 0.3) is 0 Å². The number of halogens is 2. The molecular weight excluding hydrogens is 380 g/mol. The molecule has 0 saturated heterocycles. The van der Waals surface area contributed by atoms with E-state index in [4.69, 9.17) is 22.1 Å². The minimum atomic E-state index is -3.81. The maximum absolute atomic E-state index is 12.4. The van der Waals surface area contributed by atoms with E-state index in [0.717, 1.165) is 0 Å². The van der Waals surface area contributed by atoms with Crippen LogP contribution in [0.5, 0.6) is 5.75 Å². The highest BCUT2D eigenvalue weighted by Gasteiger charge is 2.20. The molecule has 3 N–H and O–H groups in total. The van der Waals surface area contributed by atoms with Crippen LogP contribution in [0.15, 0.2) is 45.8 Å². The second kappa shape index (κ2) is 6.13. The number of methoxy groups -OCH3 is 1. The number of nitrogen functional groups attached to an aromatic ring is 1. The van der Waals surface area contributed by atoms with Crippen LogP contribution >= 0.6 is 27.5 Å². The van der Waals surface area contributed by atoms with Gasteiger partial charge in [-0.25, -0.2) is 8.42 Å². The lowest BCUT2D eigenvalue weighted by atomic mass is 10.3. The third-order valence-corrected chi connectivity index (χ3v) is 4.89. The molecule has 0 aliphatic heterocycles. The topological polar surface area (TPSA) is 81.4 Å². The maximum Gasteiger partial charge on any atom is 0.265 e. The molecule has 0 amide bonds. The van der Waals surface area contributed by atoms with Gasteiger partial charge in [-0.1, -0.05) is 27.5 Å². The fourth-order valence-corrected chi connectivity index (χ4v) is 3.60. The molecule has 0 atom stereocenters. The molecule has 0 bridgehead atoms. The average molecular weight is 392 g/mol. The molecule has 2 aromatic rings. The van der Waals surface area contributed by atoms with Crippen LogP contribution in [0.1, 0.15) is 0 Å². The number of nitrogens with two attached hydrogens (primary N) is 1. The number of ether oxygens (including phenoxy) is 1. The Bertz CT molecular complexity index is 781. The van der Waals surface area contributed by atoms with Crippen molar-refractivity contribution < 1.29 is 13.2 Å². The summed E-state index contributed by atoms with van der Waals surface area (Å²) in [5.41, 5.74) is 6.28. The van der Waals surface area contributed by atoms with Crippen molar-refractivity contribution in [1.82, 2.24) is 0 Å². The summed E-state index contributed by atoms with van der Waals surface area (Å²) in [5, 5.41) is 0.274. The van der Waals surface area contributed by atoms with Crippen LogP contribution in [0, 0.1) is 0 Å². The predicted octanol–water partition coefficient (Wildman–Crippen LogP) is 3.49. The van der Waals surface area contributed by atoms with E-state index in [1.165, 1.54) is 31.4 Å². The van der Waals surface area contributed by atoms with Crippen LogP contribution < -0.4 is 15.2 Å². The second-order valence-corrected chi connectivity index (χ2v) is 7.11. The number of hydrogen-bond donors (Lipinski definition) is 2. The molecule has 2 aromatic carbocycles. The molecule has 0 radical (unpaired) electrons. The zero-order valence-electron chi connectivity index (χ0n) is 10.9. The number of rotatable bonds is 4. The van der Waals surface area contributed by atoms with Gasteiger partial charge in [0.2, 0.25) is 0 Å². The fourth-order valence-electron chi connectivity index (χ4n) is 1.66. The lowest BCUT2D eigenvalue weighted by Gasteiger charge is -2.12. The van der Waals surface area contributed by atoms with E-state index in [1.54, 1.807) is 12.1 Å². The van der Waals surface area contributed by atoms with Crippen molar-refractivity contribution in [3.8, 4) is 5.75 Å². The summed E-state index contributed by atoms with van der Waals surface area (Å²) < 4.78 is 33.0. The zero-order valence-corrected chi connectivity index (χ0v) is 14.1. The van der Waals surface area contributed by atoms with Crippen LogP contribution in [0.2, 0.25) is 5.02 Å². The van der Waals surface area contributed by atoms with Gasteiger partial charge in [0.05, 0.1) is 23.5 Å². The Morgan fingerprint density at radius 2 is 1.95 bits per heavy atom. The maximum atomic E-state index is 12.4. The lowest BCUT2D eigenvalue weighted by molar-refractivity contribution is 0.403. The quantitative estimate of drug-likeness (QED) is 0.782. The Morgan fingerprint density at radius 1 is 1.24 bits per heavy atom. The minimum Gasteiger partial charge on any atom is -0.495 e. The SMILES string of the molecule is COc1ccc(Br)cc1S(=O)(=O)Nc1ccc(N)c(Cl)c1. The summed E-state index contributed by atoms with van der Waals surface area (Å²) in [6.07, 6.45) is 0. The Balaban J connectivity index is 2.42. The highest BCUT2D eigenvalue weighted by molar-refractivity contribution is 9.10. The normalized spacial score (nSPS) is 11.2. The van der Waals surface area contributed by atoms with Gasteiger partial charge in [-0.3, -0.25) is 4.72 Å². The number of sulfonamides is 1. The molecule has 112 valence electrons. The Morgan fingerprint density at radius 3 is 2.57 bits per heavy atom. The first-order chi connectivity index (χ1) is 9.83. The molecule has 0 heterocycles. The van der Waals surface area contributed by atoms with Crippen molar-refractivity contribution in [2.24, 2.45) is 0 Å². The number of anilines is 2. The van der Waals surface area contributed by atoms with Gasteiger partial charge in [0.1, 0.15) is 10.6 Å². The third kappa shape index (κ3) is 3.61. The van der Waals surface area contributed by atoms with Crippen LogP contribution in [-0.2, 0) is 10.0 Å². The monoisotopic (exact) mass is 390 g/mol. The minimum absolute atomic E-state index is 0.0207. The molecule has 0 aliphatic carbocycles. The molecule has 8 heteroatoms. The fraction of sp³-hybridized carbons (Fsp3) is 0.0769. The van der Waals surface area contributed by atoms with Gasteiger partial charge in [0.15, 0.2) is 0 Å². The molecule has 0 spiro atoms. The van der Waals surface area contributed by atoms with Crippen molar-refractivity contribution in [2.45, 2.75) is 4.90 Å². The summed E-state index contributed by atoms with van der Waals surface area (Å²) in [5.74, 6) is 0.243. The van der Waals surface area contributed by atoms with Gasteiger partial charge in [-0.05, 0) is 36.4 Å². The van der Waals surface area contributed by atoms with Crippen molar-refractivity contribution in [2.75, 3.05) is 17.6 Å². The van der Waals surface area contributed by atoms with Gasteiger partial charge in [-0.15, -0.1) is 0 Å². The highest BCUT2D eigenvalue weighted by Crippen LogP contribution is 2.30. The first-order valence-corrected chi connectivity index (χ1v) is 8.40.